The number of benzene rings is 2. The largest absolute Gasteiger partial charge is 0.497 e. The molecule has 2 aromatic heterocycles. The lowest BCUT2D eigenvalue weighted by Gasteiger charge is -2.08. The summed E-state index contributed by atoms with van der Waals surface area (Å²) < 4.78 is 13.9. The van der Waals surface area contributed by atoms with Gasteiger partial charge < -0.3 is 14.6 Å². The van der Waals surface area contributed by atoms with E-state index in [0.717, 1.165) is 34.7 Å². The molecule has 38 heavy (non-hydrogen) atoms. The molecule has 0 aliphatic carbocycles. The predicted octanol–water partition coefficient (Wildman–Crippen LogP) is 4.18. The van der Waals surface area contributed by atoms with Crippen molar-refractivity contribution in [1.82, 2.24) is 19.6 Å². The predicted molar refractivity (Wildman–Crippen MR) is 152 cm³/mol. The van der Waals surface area contributed by atoms with Crippen molar-refractivity contribution in [3.05, 3.63) is 113 Å². The van der Waals surface area contributed by atoms with Gasteiger partial charge in [-0.15, -0.1) is 0 Å². The molecule has 0 fully saturated rings. The number of methoxy groups -OCH3 is 2. The van der Waals surface area contributed by atoms with Gasteiger partial charge in [-0.3, -0.25) is 9.59 Å². The first-order valence-electron chi connectivity index (χ1n) is 11.7. The van der Waals surface area contributed by atoms with E-state index in [9.17, 15) is 9.59 Å². The van der Waals surface area contributed by atoms with Crippen molar-refractivity contribution in [2.75, 3.05) is 14.2 Å². The fourth-order valence-corrected chi connectivity index (χ4v) is 4.33. The van der Waals surface area contributed by atoms with Crippen LogP contribution < -0.4 is 20.6 Å². The van der Waals surface area contributed by atoms with E-state index in [1.807, 2.05) is 55.5 Å². The maximum absolute atomic E-state index is 12.0. The first kappa shape index (κ1) is 29.3. The van der Waals surface area contributed by atoms with E-state index in [2.05, 4.69) is 42.1 Å². The molecule has 0 unspecified atom stereocenters. The van der Waals surface area contributed by atoms with E-state index in [1.165, 1.54) is 15.4 Å². The summed E-state index contributed by atoms with van der Waals surface area (Å²) in [7, 11) is 3.23. The zero-order chi connectivity index (χ0) is 27.7. The average molecular weight is 648 g/mol. The molecule has 4 rings (SSSR count). The van der Waals surface area contributed by atoms with Crippen LogP contribution in [0.15, 0.2) is 79.2 Å². The van der Waals surface area contributed by atoms with Crippen LogP contribution in [-0.4, -0.2) is 38.9 Å². The molecule has 2 heterocycles. The van der Waals surface area contributed by atoms with Crippen LogP contribution in [0.3, 0.4) is 0 Å². The maximum atomic E-state index is 12.0. The van der Waals surface area contributed by atoms with Crippen molar-refractivity contribution in [2.45, 2.75) is 33.0 Å². The van der Waals surface area contributed by atoms with Gasteiger partial charge >= 0.3 is 0 Å². The molecule has 2 aromatic carbocycles. The lowest BCUT2D eigenvalue weighted by Crippen LogP contribution is -2.25. The van der Waals surface area contributed by atoms with E-state index in [4.69, 9.17) is 14.6 Å². The Morgan fingerprint density at radius 3 is 1.50 bits per heavy atom. The number of rotatable bonds is 8. The number of aromatic nitrogens is 4. The Balaban J connectivity index is 0.000000211. The van der Waals surface area contributed by atoms with Gasteiger partial charge in [0.05, 0.1) is 54.2 Å². The number of aliphatic hydroxyl groups excluding tert-OH is 1. The number of nitrogens with zero attached hydrogens (tertiary/aromatic N) is 4. The standard InChI is InChI=1S/C14H15BrN2O2.C13H13BrN2O3/c1-3-11-8-13(15)14(18)17(16-11)9-10-4-6-12(19-2)7-5-10;1-19-11-4-2-9(3-5-11)7-16-13(18)12(14)6-10(8-17)15-16/h4-8H,3,9H2,1-2H3;2-6,17H,7-8H2,1H3. The monoisotopic (exact) mass is 646 g/mol. The minimum atomic E-state index is -0.229. The third-order valence-corrected chi connectivity index (χ3v) is 6.61. The lowest BCUT2D eigenvalue weighted by atomic mass is 10.2. The van der Waals surface area contributed by atoms with Crippen molar-refractivity contribution >= 4 is 31.9 Å². The zero-order valence-electron chi connectivity index (χ0n) is 21.2. The molecule has 4 aromatic rings. The number of halogens is 2. The minimum Gasteiger partial charge on any atom is -0.497 e. The molecule has 9 nitrogen and oxygen atoms in total. The molecule has 0 bridgehead atoms. The van der Waals surface area contributed by atoms with Gasteiger partial charge in [-0.25, -0.2) is 9.36 Å². The van der Waals surface area contributed by atoms with Gasteiger partial charge in [-0.05, 0) is 85.8 Å². The van der Waals surface area contributed by atoms with Crippen LogP contribution in [-0.2, 0) is 26.1 Å². The Morgan fingerprint density at radius 1 is 0.737 bits per heavy atom. The highest BCUT2D eigenvalue weighted by atomic mass is 79.9. The van der Waals surface area contributed by atoms with Crippen molar-refractivity contribution in [1.29, 1.82) is 0 Å². The Morgan fingerprint density at radius 2 is 1.13 bits per heavy atom. The molecular formula is C27H28Br2N4O5. The summed E-state index contributed by atoms with van der Waals surface area (Å²) in [6.45, 7) is 2.60. The molecule has 0 radical (unpaired) electrons. The van der Waals surface area contributed by atoms with Crippen molar-refractivity contribution < 1.29 is 14.6 Å². The SMILES string of the molecule is CCc1cc(Br)c(=O)n(Cc2ccc(OC)cc2)n1.COc1ccc(Cn2nc(CO)cc(Br)c2=O)cc1. The van der Waals surface area contributed by atoms with E-state index in [1.54, 1.807) is 20.3 Å². The Labute approximate surface area is 236 Å². The second kappa shape index (κ2) is 14.0. The normalized spacial score (nSPS) is 10.5. The van der Waals surface area contributed by atoms with Crippen molar-refractivity contribution in [2.24, 2.45) is 0 Å². The summed E-state index contributed by atoms with van der Waals surface area (Å²) in [4.78, 5) is 23.9. The van der Waals surface area contributed by atoms with E-state index >= 15 is 0 Å². The molecule has 0 saturated heterocycles. The first-order chi connectivity index (χ1) is 18.3. The number of aliphatic hydroxyl groups is 1. The lowest BCUT2D eigenvalue weighted by molar-refractivity contribution is 0.272. The van der Waals surface area contributed by atoms with Gasteiger partial charge in [0.15, 0.2) is 0 Å². The van der Waals surface area contributed by atoms with Crippen LogP contribution in [0.25, 0.3) is 0 Å². The van der Waals surface area contributed by atoms with Crippen molar-refractivity contribution in [3.8, 4) is 11.5 Å². The second-order valence-electron chi connectivity index (χ2n) is 8.10. The van der Waals surface area contributed by atoms with Gasteiger partial charge in [-0.2, -0.15) is 10.2 Å². The minimum absolute atomic E-state index is 0.118. The van der Waals surface area contributed by atoms with Gasteiger partial charge in [0.1, 0.15) is 11.5 Å². The second-order valence-corrected chi connectivity index (χ2v) is 9.81. The van der Waals surface area contributed by atoms with E-state index in [0.29, 0.717) is 27.7 Å². The summed E-state index contributed by atoms with van der Waals surface area (Å²) >= 11 is 6.45. The Bertz CT molecular complexity index is 1360. The highest BCUT2D eigenvalue weighted by Crippen LogP contribution is 2.14. The number of aryl methyl sites for hydroxylation is 1. The smallest absolute Gasteiger partial charge is 0.281 e. The van der Waals surface area contributed by atoms with Crippen LogP contribution in [0, 0.1) is 0 Å². The quantitative estimate of drug-likeness (QED) is 0.306. The molecule has 200 valence electrons. The highest BCUT2D eigenvalue weighted by Gasteiger charge is 2.08. The molecule has 0 aliphatic heterocycles. The maximum Gasteiger partial charge on any atom is 0.281 e. The Kier molecular flexibility index (Phi) is 10.8. The molecule has 0 amide bonds. The van der Waals surface area contributed by atoms with Gasteiger partial charge in [-0.1, -0.05) is 31.2 Å². The van der Waals surface area contributed by atoms with Crippen LogP contribution in [0.1, 0.15) is 29.4 Å². The van der Waals surface area contributed by atoms with Crippen LogP contribution in [0.2, 0.25) is 0 Å². The third-order valence-electron chi connectivity index (χ3n) is 5.47. The van der Waals surface area contributed by atoms with Crippen LogP contribution in [0.4, 0.5) is 0 Å². The van der Waals surface area contributed by atoms with E-state index < -0.39 is 0 Å². The van der Waals surface area contributed by atoms with Crippen LogP contribution >= 0.6 is 31.9 Å². The Hall–Kier alpha value is -3.28. The van der Waals surface area contributed by atoms with E-state index in [-0.39, 0.29) is 17.7 Å². The summed E-state index contributed by atoms with van der Waals surface area (Å²) in [5.41, 5.74) is 2.92. The molecule has 1 N–H and O–H groups in total. The topological polar surface area (TPSA) is 108 Å². The highest BCUT2D eigenvalue weighted by molar-refractivity contribution is 9.10. The third kappa shape index (κ3) is 7.86. The van der Waals surface area contributed by atoms with Gasteiger partial charge in [0, 0.05) is 0 Å². The summed E-state index contributed by atoms with van der Waals surface area (Å²) in [6.07, 6.45) is 0.793. The molecular weight excluding hydrogens is 620 g/mol. The first-order valence-corrected chi connectivity index (χ1v) is 13.3. The molecule has 0 aliphatic rings. The molecule has 11 heteroatoms. The van der Waals surface area contributed by atoms with Crippen molar-refractivity contribution in [3.63, 3.8) is 0 Å². The summed E-state index contributed by atoms with van der Waals surface area (Å²) in [5, 5.41) is 17.5. The molecule has 0 atom stereocenters. The van der Waals surface area contributed by atoms with Gasteiger partial charge in [0.25, 0.3) is 11.1 Å². The molecule has 0 saturated carbocycles. The number of ether oxygens (including phenoxy) is 2. The number of hydrogen-bond donors (Lipinski definition) is 1. The average Bonchev–Trinajstić information content (AvgIpc) is 2.94. The summed E-state index contributed by atoms with van der Waals surface area (Å²) in [6, 6.07) is 18.3. The molecule has 0 spiro atoms. The fourth-order valence-electron chi connectivity index (χ4n) is 3.39. The summed E-state index contributed by atoms with van der Waals surface area (Å²) in [5.74, 6) is 1.56. The van der Waals surface area contributed by atoms with Crippen LogP contribution in [0.5, 0.6) is 11.5 Å². The zero-order valence-corrected chi connectivity index (χ0v) is 24.4. The number of hydrogen-bond acceptors (Lipinski definition) is 7. The van der Waals surface area contributed by atoms with Gasteiger partial charge in [0.2, 0.25) is 0 Å². The fraction of sp³-hybridized carbons (Fsp3) is 0.259.